The van der Waals surface area contributed by atoms with Gasteiger partial charge in [0.25, 0.3) is 5.69 Å². The number of hydrogen-bond donors (Lipinski definition) is 1. The fraction of sp³-hybridized carbons (Fsp3) is 0.357. The molecule has 0 radical (unpaired) electrons. The lowest BCUT2D eigenvalue weighted by Gasteiger charge is -2.13. The van der Waals surface area contributed by atoms with E-state index in [4.69, 9.17) is 0 Å². The minimum atomic E-state index is -0.390. The molecule has 1 heterocycles. The summed E-state index contributed by atoms with van der Waals surface area (Å²) in [5.74, 6) is 0. The quantitative estimate of drug-likeness (QED) is 0.671. The summed E-state index contributed by atoms with van der Waals surface area (Å²) in [6, 6.07) is 6.77. The maximum atomic E-state index is 10.6. The van der Waals surface area contributed by atoms with Crippen LogP contribution in [0.4, 0.5) is 5.69 Å². The van der Waals surface area contributed by atoms with Crippen molar-refractivity contribution in [3.8, 4) is 0 Å². The van der Waals surface area contributed by atoms with Crippen LogP contribution < -0.4 is 5.32 Å². The standard InChI is InChI=1S/C14H18N4O2/c1-10(14-9-17(3)16-11(14)2)15-8-12-4-6-13(7-5-12)18(19)20/h4-7,9-10,15H,8H2,1-3H3. The Balaban J connectivity index is 1.98. The van der Waals surface area contributed by atoms with Gasteiger partial charge in [-0.25, -0.2) is 0 Å². The maximum absolute atomic E-state index is 10.6. The van der Waals surface area contributed by atoms with Crippen molar-refractivity contribution in [2.24, 2.45) is 7.05 Å². The molecule has 6 nitrogen and oxygen atoms in total. The SMILES string of the molecule is Cc1nn(C)cc1C(C)NCc1ccc([N+](=O)[O-])cc1. The predicted octanol–water partition coefficient (Wildman–Crippen LogP) is 2.49. The molecule has 1 atom stereocenters. The number of aromatic nitrogens is 2. The third kappa shape index (κ3) is 3.21. The highest BCUT2D eigenvalue weighted by molar-refractivity contribution is 5.33. The molecular formula is C14H18N4O2. The van der Waals surface area contributed by atoms with Gasteiger partial charge < -0.3 is 5.32 Å². The molecule has 1 aromatic heterocycles. The molecule has 0 aliphatic carbocycles. The highest BCUT2D eigenvalue weighted by Gasteiger charge is 2.11. The van der Waals surface area contributed by atoms with E-state index in [1.807, 2.05) is 20.2 Å². The molecule has 6 heteroatoms. The minimum Gasteiger partial charge on any atom is -0.306 e. The van der Waals surface area contributed by atoms with Crippen molar-refractivity contribution < 1.29 is 4.92 Å². The second-order valence-electron chi connectivity index (χ2n) is 4.87. The molecule has 1 N–H and O–H groups in total. The Morgan fingerprint density at radius 3 is 2.55 bits per heavy atom. The lowest BCUT2D eigenvalue weighted by molar-refractivity contribution is -0.384. The Morgan fingerprint density at radius 1 is 1.40 bits per heavy atom. The fourth-order valence-electron chi connectivity index (χ4n) is 2.16. The first-order valence-electron chi connectivity index (χ1n) is 6.44. The lowest BCUT2D eigenvalue weighted by atomic mass is 10.1. The maximum Gasteiger partial charge on any atom is 0.269 e. The number of hydrogen-bond acceptors (Lipinski definition) is 4. The van der Waals surface area contributed by atoms with E-state index >= 15 is 0 Å². The van der Waals surface area contributed by atoms with E-state index in [1.54, 1.807) is 16.8 Å². The Labute approximate surface area is 117 Å². The number of nitrogens with one attached hydrogen (secondary N) is 1. The smallest absolute Gasteiger partial charge is 0.269 e. The number of non-ortho nitro benzene ring substituents is 1. The third-order valence-electron chi connectivity index (χ3n) is 3.28. The Morgan fingerprint density at radius 2 is 2.05 bits per heavy atom. The number of nitrogens with zero attached hydrogens (tertiary/aromatic N) is 3. The summed E-state index contributed by atoms with van der Waals surface area (Å²) in [4.78, 5) is 10.2. The molecule has 0 saturated heterocycles. The van der Waals surface area contributed by atoms with Crippen LogP contribution in [0, 0.1) is 17.0 Å². The fourth-order valence-corrected chi connectivity index (χ4v) is 2.16. The van der Waals surface area contributed by atoms with Crippen LogP contribution in [0.5, 0.6) is 0 Å². The molecule has 106 valence electrons. The molecule has 1 aromatic carbocycles. The summed E-state index contributed by atoms with van der Waals surface area (Å²) >= 11 is 0. The van der Waals surface area contributed by atoms with Gasteiger partial charge in [0.15, 0.2) is 0 Å². The molecular weight excluding hydrogens is 256 g/mol. The first kappa shape index (κ1) is 14.2. The molecule has 1 unspecified atom stereocenters. The monoisotopic (exact) mass is 274 g/mol. The van der Waals surface area contributed by atoms with Crippen molar-refractivity contribution in [1.82, 2.24) is 15.1 Å². The molecule has 0 aliphatic heterocycles. The Bertz CT molecular complexity index is 604. The van der Waals surface area contributed by atoms with Gasteiger partial charge >= 0.3 is 0 Å². The van der Waals surface area contributed by atoms with E-state index in [9.17, 15) is 10.1 Å². The molecule has 0 bridgehead atoms. The number of benzene rings is 1. The summed E-state index contributed by atoms with van der Waals surface area (Å²) in [7, 11) is 1.90. The first-order valence-corrected chi connectivity index (χ1v) is 6.44. The lowest BCUT2D eigenvalue weighted by Crippen LogP contribution is -2.18. The summed E-state index contributed by atoms with van der Waals surface area (Å²) in [5, 5.41) is 18.3. The molecule has 2 rings (SSSR count). The summed E-state index contributed by atoms with van der Waals surface area (Å²) < 4.78 is 1.80. The highest BCUT2D eigenvalue weighted by atomic mass is 16.6. The van der Waals surface area contributed by atoms with Crippen molar-refractivity contribution in [1.29, 1.82) is 0 Å². The number of rotatable bonds is 5. The van der Waals surface area contributed by atoms with Crippen LogP contribution in [0.25, 0.3) is 0 Å². The van der Waals surface area contributed by atoms with Crippen LogP contribution in [-0.4, -0.2) is 14.7 Å². The zero-order chi connectivity index (χ0) is 14.7. The van der Waals surface area contributed by atoms with Gasteiger partial charge in [0.1, 0.15) is 0 Å². The normalized spacial score (nSPS) is 12.3. The molecule has 0 saturated carbocycles. The minimum absolute atomic E-state index is 0.116. The molecule has 20 heavy (non-hydrogen) atoms. The van der Waals surface area contributed by atoms with Crippen LogP contribution in [0.3, 0.4) is 0 Å². The second kappa shape index (κ2) is 5.83. The van der Waals surface area contributed by atoms with Crippen molar-refractivity contribution in [2.45, 2.75) is 26.4 Å². The molecule has 0 amide bonds. The van der Waals surface area contributed by atoms with Gasteiger partial charge in [0.05, 0.1) is 10.6 Å². The average Bonchev–Trinajstić information content (AvgIpc) is 2.75. The van der Waals surface area contributed by atoms with Gasteiger partial charge in [0, 0.05) is 43.5 Å². The second-order valence-corrected chi connectivity index (χ2v) is 4.87. The topological polar surface area (TPSA) is 73.0 Å². The van der Waals surface area contributed by atoms with Crippen LogP contribution in [-0.2, 0) is 13.6 Å². The molecule has 0 fully saturated rings. The van der Waals surface area contributed by atoms with E-state index < -0.39 is 4.92 Å². The largest absolute Gasteiger partial charge is 0.306 e. The van der Waals surface area contributed by atoms with E-state index in [0.29, 0.717) is 6.54 Å². The van der Waals surface area contributed by atoms with Crippen molar-refractivity contribution >= 4 is 5.69 Å². The van der Waals surface area contributed by atoms with Gasteiger partial charge in [-0.2, -0.15) is 5.10 Å². The van der Waals surface area contributed by atoms with Crippen molar-refractivity contribution in [2.75, 3.05) is 0 Å². The highest BCUT2D eigenvalue weighted by Crippen LogP contribution is 2.17. The van der Waals surface area contributed by atoms with Crippen LogP contribution >= 0.6 is 0 Å². The van der Waals surface area contributed by atoms with Gasteiger partial charge in [-0.1, -0.05) is 12.1 Å². The Hall–Kier alpha value is -2.21. The first-order chi connectivity index (χ1) is 9.47. The van der Waals surface area contributed by atoms with Gasteiger partial charge in [-0.15, -0.1) is 0 Å². The average molecular weight is 274 g/mol. The molecule has 2 aromatic rings. The van der Waals surface area contributed by atoms with Crippen molar-refractivity contribution in [3.05, 3.63) is 57.4 Å². The zero-order valence-corrected chi connectivity index (χ0v) is 11.8. The zero-order valence-electron chi connectivity index (χ0n) is 11.8. The Kier molecular flexibility index (Phi) is 4.14. The number of nitro groups is 1. The van der Waals surface area contributed by atoms with E-state index in [0.717, 1.165) is 16.8 Å². The molecule has 0 aliphatic rings. The number of nitro benzene ring substituents is 1. The molecule has 0 spiro atoms. The summed E-state index contributed by atoms with van der Waals surface area (Å²) in [6.07, 6.45) is 2.00. The third-order valence-corrected chi connectivity index (χ3v) is 3.28. The van der Waals surface area contributed by atoms with Gasteiger partial charge in [-0.3, -0.25) is 14.8 Å². The van der Waals surface area contributed by atoms with E-state index in [-0.39, 0.29) is 11.7 Å². The van der Waals surface area contributed by atoms with Gasteiger partial charge in [0.2, 0.25) is 0 Å². The van der Waals surface area contributed by atoms with Crippen LogP contribution in [0.15, 0.2) is 30.5 Å². The van der Waals surface area contributed by atoms with Crippen LogP contribution in [0.1, 0.15) is 29.8 Å². The predicted molar refractivity (Wildman–Crippen MR) is 76.3 cm³/mol. The van der Waals surface area contributed by atoms with Crippen LogP contribution in [0.2, 0.25) is 0 Å². The number of aryl methyl sites for hydroxylation is 2. The van der Waals surface area contributed by atoms with E-state index in [1.165, 1.54) is 12.1 Å². The van der Waals surface area contributed by atoms with Crippen molar-refractivity contribution in [3.63, 3.8) is 0 Å². The van der Waals surface area contributed by atoms with E-state index in [2.05, 4.69) is 17.3 Å². The van der Waals surface area contributed by atoms with Gasteiger partial charge in [-0.05, 0) is 19.4 Å². The summed E-state index contributed by atoms with van der Waals surface area (Å²) in [6.45, 7) is 4.72. The summed E-state index contributed by atoms with van der Waals surface area (Å²) in [5.41, 5.74) is 3.31.